The molecule has 2 amide bonds. The smallest absolute Gasteiger partial charge is 0.434 e. The third-order valence-electron chi connectivity index (χ3n) is 14.1. The average Bonchev–Trinajstić information content (AvgIpc) is 3.85. The number of amides is 2. The summed E-state index contributed by atoms with van der Waals surface area (Å²) in [6, 6.07) is 7.02. The van der Waals surface area contributed by atoms with Gasteiger partial charge in [-0.15, -0.1) is 11.3 Å². The van der Waals surface area contributed by atoms with E-state index in [9.17, 15) is 14.4 Å². The number of aryl methyl sites for hydroxylation is 1. The van der Waals surface area contributed by atoms with E-state index >= 15 is 0 Å². The van der Waals surface area contributed by atoms with Gasteiger partial charge in [0.25, 0.3) is 5.91 Å². The fraction of sp³-hybridized carbons (Fsp3) is 0.638. The number of aromatic nitrogens is 2. The SMILES string of the molecule is CCn1c2c3c4cc(ccc41)-c1csc(n1)C/C(=N/C(=O)OC(C)(C)C)C(=O)N1CCC[C@H](N1)C(=O)OCC(C)(C)C3[C@H](OC)C1=C2CC(N2CCN3CCCC[C@@H]3C2)C(C)N1. The molecule has 0 radical (unpaired) electrons. The standard InChI is InChI=1S/C47H64N8O6S/c1-9-54-35-16-15-28-21-30(35)38-39(42(59-8)40-31(41(38)54)22-36(27(2)48-40)53-20-19-52-17-11-10-13-29(52)24-53)47(6,7)26-60-44(57)32-14-12-18-55(51-32)43(56)33(23-37-49-34(28)25-62-37)50-45(58)61-46(3,4)5/h15-16,21,25,27,29,32,36,39,42,48,51H,9-14,17-20,22-24,26H2,1-8H3/b50-33-/t27?,29-,32+,36?,39?,42+/m1/s1. The molecule has 3 aromatic rings. The molecule has 3 unspecified atom stereocenters. The third kappa shape index (κ3) is 8.01. The van der Waals surface area contributed by atoms with Crippen LogP contribution in [-0.4, -0.2) is 130 Å². The third-order valence-corrected chi connectivity index (χ3v) is 14.9. The Labute approximate surface area is 369 Å². The molecule has 0 spiro atoms. The van der Waals surface area contributed by atoms with E-state index in [1.165, 1.54) is 59.0 Å². The van der Waals surface area contributed by atoms with Crippen molar-refractivity contribution in [3.8, 4) is 11.3 Å². The fourth-order valence-corrected chi connectivity index (χ4v) is 11.9. The lowest BCUT2D eigenvalue weighted by atomic mass is 9.66. The van der Waals surface area contributed by atoms with Crippen LogP contribution in [0.2, 0.25) is 0 Å². The molecule has 1 aliphatic carbocycles. The van der Waals surface area contributed by atoms with Crippen molar-refractivity contribution in [2.45, 2.75) is 142 Å². The molecule has 62 heavy (non-hydrogen) atoms. The van der Waals surface area contributed by atoms with Crippen molar-refractivity contribution in [3.05, 3.63) is 45.5 Å². The highest BCUT2D eigenvalue weighted by atomic mass is 32.1. The van der Waals surface area contributed by atoms with E-state index in [2.05, 4.69) is 76.0 Å². The molecule has 1 aromatic carbocycles. The lowest BCUT2D eigenvalue weighted by Gasteiger charge is -2.51. The van der Waals surface area contributed by atoms with Crippen LogP contribution >= 0.6 is 11.3 Å². The fourth-order valence-electron chi connectivity index (χ4n) is 11.1. The number of hydrazine groups is 1. The number of rotatable bonds is 3. The molecule has 5 aliphatic heterocycles. The van der Waals surface area contributed by atoms with Gasteiger partial charge in [-0.05, 0) is 96.5 Å². The van der Waals surface area contributed by atoms with Crippen LogP contribution in [0.4, 0.5) is 4.79 Å². The number of hydrogen-bond donors (Lipinski definition) is 2. The summed E-state index contributed by atoms with van der Waals surface area (Å²) in [5.41, 5.74) is 9.51. The summed E-state index contributed by atoms with van der Waals surface area (Å²) in [6.45, 7) is 20.0. The zero-order valence-corrected chi connectivity index (χ0v) is 38.5. The lowest BCUT2D eigenvalue weighted by molar-refractivity contribution is -0.154. The Bertz CT molecular complexity index is 2310. The van der Waals surface area contributed by atoms with Gasteiger partial charge >= 0.3 is 12.1 Å². The molecule has 6 aliphatic rings. The highest BCUT2D eigenvalue weighted by Gasteiger charge is 2.50. The maximum absolute atomic E-state index is 14.2. The number of methoxy groups -OCH3 is 1. The zero-order chi connectivity index (χ0) is 43.7. The number of ether oxygens (including phenoxy) is 3. The van der Waals surface area contributed by atoms with Crippen LogP contribution in [0.1, 0.15) is 109 Å². The number of thiazole rings is 1. The molecule has 3 saturated heterocycles. The Kier molecular flexibility index (Phi) is 11.7. The quantitative estimate of drug-likeness (QED) is 0.278. The average molecular weight is 869 g/mol. The number of nitrogens with zero attached hydrogens (tertiary/aromatic N) is 6. The number of hydrogen-bond acceptors (Lipinski definition) is 12. The second-order valence-electron chi connectivity index (χ2n) is 19.9. The topological polar surface area (TPSA) is 143 Å². The number of benzene rings is 1. The van der Waals surface area contributed by atoms with Crippen molar-refractivity contribution in [3.63, 3.8) is 0 Å². The summed E-state index contributed by atoms with van der Waals surface area (Å²) in [5.74, 6) is -1.12. The number of cyclic esters (lactones) is 1. The van der Waals surface area contributed by atoms with Gasteiger partial charge in [-0.3, -0.25) is 24.4 Å². The summed E-state index contributed by atoms with van der Waals surface area (Å²) in [4.78, 5) is 56.0. The molecule has 2 N–H and O–H groups in total. The minimum absolute atomic E-state index is 0.0136. The summed E-state index contributed by atoms with van der Waals surface area (Å²) < 4.78 is 21.0. The lowest BCUT2D eigenvalue weighted by Crippen LogP contribution is -2.62. The van der Waals surface area contributed by atoms with Crippen LogP contribution in [0.15, 0.2) is 34.3 Å². The molecule has 0 saturated carbocycles. The maximum Gasteiger partial charge on any atom is 0.434 e. The Morgan fingerprint density at radius 2 is 1.89 bits per heavy atom. The first-order chi connectivity index (χ1) is 29.6. The number of carbonyl (C=O) groups excluding carboxylic acids is 3. The Balaban J connectivity index is 1.17. The number of carbonyl (C=O) groups is 3. The highest BCUT2D eigenvalue weighted by molar-refractivity contribution is 7.10. The summed E-state index contributed by atoms with van der Waals surface area (Å²) in [6.07, 6.45) is 4.72. The molecular weight excluding hydrogens is 805 g/mol. The number of piperazine rings is 1. The molecule has 9 rings (SSSR count). The van der Waals surface area contributed by atoms with Gasteiger partial charge in [0.2, 0.25) is 0 Å². The van der Waals surface area contributed by atoms with Crippen LogP contribution < -0.4 is 10.7 Å². The summed E-state index contributed by atoms with van der Waals surface area (Å²) in [5, 5.41) is 9.22. The first-order valence-corrected chi connectivity index (χ1v) is 23.7. The van der Waals surface area contributed by atoms with Crippen LogP contribution in [0.3, 0.4) is 0 Å². The molecule has 14 nitrogen and oxygen atoms in total. The zero-order valence-electron chi connectivity index (χ0n) is 37.7. The van der Waals surface area contributed by atoms with E-state index in [0.29, 0.717) is 36.5 Å². The van der Waals surface area contributed by atoms with Crippen LogP contribution in [0.5, 0.6) is 0 Å². The minimum atomic E-state index is -0.853. The van der Waals surface area contributed by atoms with Crippen molar-refractivity contribution in [1.82, 2.24) is 35.1 Å². The van der Waals surface area contributed by atoms with E-state index in [1.54, 1.807) is 20.8 Å². The number of aliphatic imine (C=N–C) groups is 1. The second-order valence-corrected chi connectivity index (χ2v) is 20.8. The van der Waals surface area contributed by atoms with Crippen molar-refractivity contribution >= 4 is 51.5 Å². The van der Waals surface area contributed by atoms with Crippen LogP contribution in [-0.2, 0) is 36.8 Å². The van der Waals surface area contributed by atoms with Gasteiger partial charge in [0, 0.05) is 103 Å². The second kappa shape index (κ2) is 16.8. The Morgan fingerprint density at radius 3 is 2.66 bits per heavy atom. The monoisotopic (exact) mass is 868 g/mol. The van der Waals surface area contributed by atoms with Gasteiger partial charge in [0.05, 0.1) is 23.0 Å². The Morgan fingerprint density at radius 1 is 1.08 bits per heavy atom. The number of piperidine rings is 1. The van der Waals surface area contributed by atoms with E-state index < -0.39 is 35.0 Å². The van der Waals surface area contributed by atoms with Gasteiger partial charge in [0.1, 0.15) is 23.5 Å². The molecule has 6 atom stereocenters. The molecule has 2 aromatic heterocycles. The predicted octanol–water partition coefficient (Wildman–Crippen LogP) is 6.53. The molecule has 15 heteroatoms. The van der Waals surface area contributed by atoms with Gasteiger partial charge in [0.15, 0.2) is 0 Å². The first kappa shape index (κ1) is 43.1. The van der Waals surface area contributed by atoms with E-state index in [0.717, 1.165) is 60.5 Å². The predicted molar refractivity (Wildman–Crippen MR) is 241 cm³/mol. The van der Waals surface area contributed by atoms with Crippen LogP contribution in [0, 0.1) is 5.41 Å². The van der Waals surface area contributed by atoms with E-state index in [-0.39, 0.29) is 36.8 Å². The van der Waals surface area contributed by atoms with Gasteiger partial charge < -0.3 is 24.1 Å². The maximum atomic E-state index is 14.2. The minimum Gasteiger partial charge on any atom is -0.464 e. The van der Waals surface area contributed by atoms with Crippen molar-refractivity contribution in [2.24, 2.45) is 10.4 Å². The number of esters is 1. The number of nitrogens with one attached hydrogen (secondary N) is 2. The van der Waals surface area contributed by atoms with Crippen molar-refractivity contribution < 1.29 is 28.6 Å². The Hall–Kier alpha value is -4.15. The molecule has 3 fully saturated rings. The van der Waals surface area contributed by atoms with Crippen molar-refractivity contribution in [1.29, 1.82) is 0 Å². The highest BCUT2D eigenvalue weighted by Crippen LogP contribution is 2.54. The molecule has 7 heterocycles. The molecular formula is C47H64N8O6S. The van der Waals surface area contributed by atoms with Crippen LogP contribution in [0.25, 0.3) is 27.7 Å². The summed E-state index contributed by atoms with van der Waals surface area (Å²) >= 11 is 1.42. The van der Waals surface area contributed by atoms with E-state index in [1.807, 2.05) is 12.5 Å². The van der Waals surface area contributed by atoms with E-state index in [4.69, 9.17) is 19.2 Å². The van der Waals surface area contributed by atoms with Gasteiger partial charge in [-0.2, -0.15) is 4.99 Å². The molecule has 334 valence electrons. The first-order valence-electron chi connectivity index (χ1n) is 22.8. The normalized spacial score (nSPS) is 29.2. The largest absolute Gasteiger partial charge is 0.464 e. The summed E-state index contributed by atoms with van der Waals surface area (Å²) in [7, 11) is 1.81. The van der Waals surface area contributed by atoms with Gasteiger partial charge in [-0.25, -0.2) is 15.2 Å². The van der Waals surface area contributed by atoms with Gasteiger partial charge in [-0.1, -0.05) is 26.3 Å². The van der Waals surface area contributed by atoms with Crippen molar-refractivity contribution in [2.75, 3.05) is 46.4 Å². The number of fused-ring (bicyclic) bond motifs is 8. The molecule has 6 bridgehead atoms.